The van der Waals surface area contributed by atoms with Crippen LogP contribution in [-0.4, -0.2) is 52.5 Å². The summed E-state index contributed by atoms with van der Waals surface area (Å²) in [6.07, 6.45) is 1.41. The van der Waals surface area contributed by atoms with Crippen molar-refractivity contribution in [1.82, 2.24) is 20.4 Å². The van der Waals surface area contributed by atoms with Gasteiger partial charge in [-0.15, -0.1) is 10.2 Å². The summed E-state index contributed by atoms with van der Waals surface area (Å²) in [7, 11) is 0. The first-order valence-corrected chi connectivity index (χ1v) is 12.3. The maximum atomic E-state index is 13.0. The van der Waals surface area contributed by atoms with Gasteiger partial charge in [0.05, 0.1) is 12.5 Å². The van der Waals surface area contributed by atoms with Gasteiger partial charge in [-0.1, -0.05) is 47.7 Å². The van der Waals surface area contributed by atoms with Crippen molar-refractivity contribution in [1.29, 1.82) is 0 Å². The molecule has 0 aliphatic carbocycles. The minimum absolute atomic E-state index is 0.103. The van der Waals surface area contributed by atoms with Crippen LogP contribution in [0.2, 0.25) is 0 Å². The molecule has 1 fully saturated rings. The summed E-state index contributed by atoms with van der Waals surface area (Å²) in [6, 6.07) is 16.6. The van der Waals surface area contributed by atoms with E-state index in [1.807, 2.05) is 49.4 Å². The van der Waals surface area contributed by atoms with E-state index in [2.05, 4.69) is 20.8 Å². The van der Waals surface area contributed by atoms with Crippen molar-refractivity contribution in [3.63, 3.8) is 0 Å². The average molecular weight is 494 g/mol. The Morgan fingerprint density at radius 1 is 1.06 bits per heavy atom. The van der Waals surface area contributed by atoms with E-state index < -0.39 is 5.91 Å². The maximum absolute atomic E-state index is 13.0. The number of amides is 3. The van der Waals surface area contributed by atoms with E-state index >= 15 is 0 Å². The molecular weight excluding hydrogens is 466 g/mol. The number of carbonyl (C=O) groups is 3. The predicted octanol–water partition coefficient (Wildman–Crippen LogP) is 3.36. The van der Waals surface area contributed by atoms with E-state index in [0.717, 1.165) is 22.6 Å². The Bertz CT molecular complexity index is 1180. The van der Waals surface area contributed by atoms with Crippen LogP contribution in [0.1, 0.15) is 44.9 Å². The minimum Gasteiger partial charge on any atom is -0.494 e. The van der Waals surface area contributed by atoms with Gasteiger partial charge in [-0.2, -0.15) is 0 Å². The van der Waals surface area contributed by atoms with Crippen LogP contribution in [0, 0.1) is 5.92 Å². The first-order chi connectivity index (χ1) is 17.0. The third-order valence-electron chi connectivity index (χ3n) is 5.64. The molecule has 2 aromatic carbocycles. The molecule has 3 aromatic rings. The molecule has 0 bridgehead atoms. The number of likely N-dealkylation sites (tertiary alicyclic amines) is 1. The van der Waals surface area contributed by atoms with Crippen molar-refractivity contribution < 1.29 is 19.1 Å². The van der Waals surface area contributed by atoms with Crippen molar-refractivity contribution in [3.8, 4) is 5.75 Å². The third kappa shape index (κ3) is 6.21. The fourth-order valence-corrected chi connectivity index (χ4v) is 4.60. The summed E-state index contributed by atoms with van der Waals surface area (Å²) >= 11 is 0.945. The Morgan fingerprint density at radius 3 is 2.60 bits per heavy atom. The van der Waals surface area contributed by atoms with Crippen molar-refractivity contribution in [2.75, 3.05) is 25.0 Å². The molecule has 0 spiro atoms. The highest BCUT2D eigenvalue weighted by Crippen LogP contribution is 2.22. The molecule has 0 saturated carbocycles. The SMILES string of the molecule is CCOc1ccccc1CNC(=O)[C@@H]1CCCN(C(=O)c2nnc(C(=O)Nc3ccccc3)s2)C1. The monoisotopic (exact) mass is 493 g/mol. The number of piperidine rings is 1. The van der Waals surface area contributed by atoms with Gasteiger partial charge < -0.3 is 20.3 Å². The molecule has 2 heterocycles. The summed E-state index contributed by atoms with van der Waals surface area (Å²) in [5.74, 6) is -0.412. The summed E-state index contributed by atoms with van der Waals surface area (Å²) in [4.78, 5) is 39.9. The lowest BCUT2D eigenvalue weighted by molar-refractivity contribution is -0.126. The number of hydrogen-bond acceptors (Lipinski definition) is 7. The van der Waals surface area contributed by atoms with E-state index in [-0.39, 0.29) is 27.7 Å². The van der Waals surface area contributed by atoms with Gasteiger partial charge in [0, 0.05) is 30.9 Å². The number of ether oxygens (including phenoxy) is 1. The molecule has 1 aliphatic heterocycles. The molecule has 3 amide bonds. The summed E-state index contributed by atoms with van der Waals surface area (Å²) in [5, 5.41) is 13.8. The second kappa shape index (κ2) is 11.6. The van der Waals surface area contributed by atoms with E-state index in [4.69, 9.17) is 4.74 Å². The van der Waals surface area contributed by atoms with E-state index in [1.54, 1.807) is 17.0 Å². The molecule has 10 heteroatoms. The van der Waals surface area contributed by atoms with E-state index in [1.165, 1.54) is 0 Å². The topological polar surface area (TPSA) is 114 Å². The van der Waals surface area contributed by atoms with Crippen LogP contribution in [0.5, 0.6) is 5.75 Å². The highest BCUT2D eigenvalue weighted by molar-refractivity contribution is 7.15. The molecule has 35 heavy (non-hydrogen) atoms. The normalized spacial score (nSPS) is 15.3. The van der Waals surface area contributed by atoms with Crippen LogP contribution in [0.3, 0.4) is 0 Å². The molecule has 9 nitrogen and oxygen atoms in total. The highest BCUT2D eigenvalue weighted by atomic mass is 32.1. The standard InChI is InChI=1S/C25H27N5O4S/c1-2-34-20-13-7-6-9-17(20)15-26-21(31)18-10-8-14-30(16-18)25(33)24-29-28-23(35-24)22(32)27-19-11-4-3-5-12-19/h3-7,9,11-13,18H,2,8,10,14-16H2,1H3,(H,26,31)(H,27,32)/t18-/m1/s1. The first kappa shape index (κ1) is 24.3. The van der Waals surface area contributed by atoms with E-state index in [0.29, 0.717) is 44.8 Å². The van der Waals surface area contributed by atoms with Crippen molar-refractivity contribution in [2.24, 2.45) is 5.92 Å². The first-order valence-electron chi connectivity index (χ1n) is 11.5. The van der Waals surface area contributed by atoms with Crippen molar-refractivity contribution in [3.05, 3.63) is 70.2 Å². The molecule has 1 atom stereocenters. The smallest absolute Gasteiger partial charge is 0.286 e. The summed E-state index contributed by atoms with van der Waals surface area (Å²) in [6.45, 7) is 3.64. The van der Waals surface area contributed by atoms with Gasteiger partial charge in [0.2, 0.25) is 15.9 Å². The zero-order valence-corrected chi connectivity index (χ0v) is 20.2. The molecule has 0 radical (unpaired) electrons. The number of nitrogens with zero attached hydrogens (tertiary/aromatic N) is 3. The second-order valence-corrected chi connectivity index (χ2v) is 9.06. The number of nitrogens with one attached hydrogen (secondary N) is 2. The Morgan fingerprint density at radius 2 is 1.80 bits per heavy atom. The fraction of sp³-hybridized carbons (Fsp3) is 0.320. The Hall–Kier alpha value is -3.79. The molecule has 0 unspecified atom stereocenters. The molecule has 4 rings (SSSR count). The van der Waals surface area contributed by atoms with Crippen LogP contribution in [0.25, 0.3) is 0 Å². The van der Waals surface area contributed by atoms with Crippen LogP contribution >= 0.6 is 11.3 Å². The molecule has 1 saturated heterocycles. The molecular formula is C25H27N5O4S. The lowest BCUT2D eigenvalue weighted by Gasteiger charge is -2.31. The average Bonchev–Trinajstić information content (AvgIpc) is 3.39. The van der Waals surface area contributed by atoms with Gasteiger partial charge in [0.25, 0.3) is 11.8 Å². The Balaban J connectivity index is 1.33. The van der Waals surface area contributed by atoms with Crippen LogP contribution < -0.4 is 15.4 Å². The van der Waals surface area contributed by atoms with Gasteiger partial charge in [0.1, 0.15) is 5.75 Å². The maximum Gasteiger partial charge on any atom is 0.286 e. The zero-order chi connectivity index (χ0) is 24.6. The number of rotatable bonds is 8. The lowest BCUT2D eigenvalue weighted by atomic mass is 9.97. The van der Waals surface area contributed by atoms with Crippen LogP contribution in [0.15, 0.2) is 54.6 Å². The number of anilines is 1. The van der Waals surface area contributed by atoms with E-state index in [9.17, 15) is 14.4 Å². The van der Waals surface area contributed by atoms with Crippen molar-refractivity contribution >= 4 is 34.7 Å². The van der Waals surface area contributed by atoms with Gasteiger partial charge in [0.15, 0.2) is 0 Å². The highest BCUT2D eigenvalue weighted by Gasteiger charge is 2.31. The Kier molecular flexibility index (Phi) is 8.04. The quantitative estimate of drug-likeness (QED) is 0.498. The number of aromatic nitrogens is 2. The summed E-state index contributed by atoms with van der Waals surface area (Å²) in [5.41, 5.74) is 1.54. The lowest BCUT2D eigenvalue weighted by Crippen LogP contribution is -2.45. The molecule has 182 valence electrons. The Labute approximate surface area is 207 Å². The second-order valence-electron chi connectivity index (χ2n) is 8.08. The van der Waals surface area contributed by atoms with Gasteiger partial charge >= 0.3 is 0 Å². The molecule has 1 aromatic heterocycles. The van der Waals surface area contributed by atoms with Crippen LogP contribution in [-0.2, 0) is 11.3 Å². The van der Waals surface area contributed by atoms with Crippen molar-refractivity contribution in [2.45, 2.75) is 26.3 Å². The number of para-hydroxylation sites is 2. The van der Waals surface area contributed by atoms with Gasteiger partial charge in [-0.3, -0.25) is 14.4 Å². The van der Waals surface area contributed by atoms with Crippen LogP contribution in [0.4, 0.5) is 5.69 Å². The fourth-order valence-electron chi connectivity index (χ4n) is 3.89. The zero-order valence-electron chi connectivity index (χ0n) is 19.4. The number of benzene rings is 2. The van der Waals surface area contributed by atoms with Gasteiger partial charge in [-0.25, -0.2) is 0 Å². The van der Waals surface area contributed by atoms with Gasteiger partial charge in [-0.05, 0) is 38.0 Å². The molecule has 1 aliphatic rings. The molecule has 2 N–H and O–H groups in total. The number of carbonyl (C=O) groups excluding carboxylic acids is 3. The third-order valence-corrected chi connectivity index (χ3v) is 6.55. The predicted molar refractivity (Wildman–Crippen MR) is 132 cm³/mol. The summed E-state index contributed by atoms with van der Waals surface area (Å²) < 4.78 is 5.62. The minimum atomic E-state index is -0.420. The number of hydrogen-bond donors (Lipinski definition) is 2. The largest absolute Gasteiger partial charge is 0.494 e.